The minimum Gasteiger partial charge on any atom is -0.381 e. The summed E-state index contributed by atoms with van der Waals surface area (Å²) >= 11 is 1.66. The quantitative estimate of drug-likeness (QED) is 0.875. The van der Waals surface area contributed by atoms with Crippen LogP contribution in [0.15, 0.2) is 17.5 Å². The molecule has 1 aliphatic heterocycles. The molecule has 0 radical (unpaired) electrons. The molecule has 1 aromatic rings. The van der Waals surface area contributed by atoms with Gasteiger partial charge in [-0.3, -0.25) is 4.79 Å². The smallest absolute Gasteiger partial charge is 0.240 e. The Hall–Kier alpha value is -0.910. The number of rotatable bonds is 4. The van der Waals surface area contributed by atoms with E-state index in [0.717, 1.165) is 6.42 Å². The minimum absolute atomic E-state index is 0.0500. The number of amides is 1. The first-order valence-electron chi connectivity index (χ1n) is 6.37. The lowest BCUT2D eigenvalue weighted by Crippen LogP contribution is -2.57. The second kappa shape index (κ2) is 5.82. The third kappa shape index (κ3) is 2.91. The zero-order valence-corrected chi connectivity index (χ0v) is 11.5. The van der Waals surface area contributed by atoms with E-state index >= 15 is 0 Å². The lowest BCUT2D eigenvalue weighted by Gasteiger charge is -2.33. The van der Waals surface area contributed by atoms with Gasteiger partial charge in [0.25, 0.3) is 0 Å². The molecule has 3 N–H and O–H groups in total. The highest BCUT2D eigenvalue weighted by Gasteiger charge is 2.36. The number of thiophene rings is 1. The fraction of sp³-hybridized carbons (Fsp3) is 0.615. The van der Waals surface area contributed by atoms with Crippen molar-refractivity contribution >= 4 is 17.2 Å². The summed E-state index contributed by atoms with van der Waals surface area (Å²) < 4.78 is 5.26. The van der Waals surface area contributed by atoms with Crippen molar-refractivity contribution in [2.45, 2.75) is 37.8 Å². The molecule has 0 aromatic carbocycles. The molecule has 1 aliphatic rings. The Kier molecular flexibility index (Phi) is 4.37. The van der Waals surface area contributed by atoms with Crippen LogP contribution in [0, 0.1) is 0 Å². The van der Waals surface area contributed by atoms with Gasteiger partial charge in [-0.2, -0.15) is 0 Å². The molecule has 2 rings (SSSR count). The second-order valence-electron chi connectivity index (χ2n) is 4.72. The maximum Gasteiger partial charge on any atom is 0.240 e. The van der Waals surface area contributed by atoms with Crippen molar-refractivity contribution in [3.8, 4) is 0 Å². The molecule has 5 heteroatoms. The minimum atomic E-state index is -0.761. The van der Waals surface area contributed by atoms with E-state index in [-0.39, 0.29) is 11.9 Å². The Morgan fingerprint density at radius 3 is 2.89 bits per heavy atom. The molecule has 1 fully saturated rings. The molecule has 100 valence electrons. The molecule has 1 atom stereocenters. The van der Waals surface area contributed by atoms with E-state index in [1.807, 2.05) is 17.5 Å². The molecule has 1 amide bonds. The Labute approximate surface area is 112 Å². The van der Waals surface area contributed by atoms with Crippen LogP contribution in [0.5, 0.6) is 0 Å². The Morgan fingerprint density at radius 1 is 1.61 bits per heavy atom. The van der Waals surface area contributed by atoms with Gasteiger partial charge in [-0.05, 0) is 30.7 Å². The first-order valence-corrected chi connectivity index (χ1v) is 7.24. The van der Waals surface area contributed by atoms with Crippen molar-refractivity contribution in [2.75, 3.05) is 13.2 Å². The summed E-state index contributed by atoms with van der Waals surface area (Å²) in [5.74, 6) is -0.0500. The van der Waals surface area contributed by atoms with E-state index < -0.39 is 5.54 Å². The van der Waals surface area contributed by atoms with Crippen LogP contribution in [-0.4, -0.2) is 24.7 Å². The number of nitrogens with two attached hydrogens (primary N) is 1. The summed E-state index contributed by atoms with van der Waals surface area (Å²) in [5.41, 5.74) is 5.41. The molecule has 0 spiro atoms. The number of hydrogen-bond donors (Lipinski definition) is 2. The molecule has 0 saturated carbocycles. The first-order chi connectivity index (χ1) is 8.65. The van der Waals surface area contributed by atoms with Crippen molar-refractivity contribution < 1.29 is 9.53 Å². The molecule has 1 unspecified atom stereocenters. The third-order valence-corrected chi connectivity index (χ3v) is 4.42. The van der Waals surface area contributed by atoms with E-state index in [2.05, 4.69) is 12.2 Å². The first kappa shape index (κ1) is 13.5. The van der Waals surface area contributed by atoms with Gasteiger partial charge in [0, 0.05) is 18.1 Å². The normalized spacial score (nSPS) is 20.3. The van der Waals surface area contributed by atoms with Crippen molar-refractivity contribution in [1.82, 2.24) is 5.32 Å². The van der Waals surface area contributed by atoms with E-state index in [9.17, 15) is 4.79 Å². The van der Waals surface area contributed by atoms with Gasteiger partial charge in [-0.1, -0.05) is 13.0 Å². The molecule has 0 bridgehead atoms. The van der Waals surface area contributed by atoms with Crippen LogP contribution in [0.1, 0.15) is 37.1 Å². The number of carbonyl (C=O) groups is 1. The molecular formula is C13H20N2O2S. The molecule has 18 heavy (non-hydrogen) atoms. The van der Waals surface area contributed by atoms with Gasteiger partial charge in [0.1, 0.15) is 0 Å². The molecule has 0 aliphatic carbocycles. The van der Waals surface area contributed by atoms with E-state index in [1.54, 1.807) is 11.3 Å². The predicted molar refractivity (Wildman–Crippen MR) is 72.5 cm³/mol. The van der Waals surface area contributed by atoms with Gasteiger partial charge < -0.3 is 15.8 Å². The number of nitrogens with one attached hydrogen (secondary N) is 1. The van der Waals surface area contributed by atoms with Gasteiger partial charge in [0.2, 0.25) is 5.91 Å². The van der Waals surface area contributed by atoms with Crippen LogP contribution in [0.2, 0.25) is 0 Å². The largest absolute Gasteiger partial charge is 0.381 e. The Morgan fingerprint density at radius 2 is 2.33 bits per heavy atom. The topological polar surface area (TPSA) is 64.4 Å². The monoisotopic (exact) mass is 268 g/mol. The summed E-state index contributed by atoms with van der Waals surface area (Å²) in [6.07, 6.45) is 2.07. The highest BCUT2D eigenvalue weighted by molar-refractivity contribution is 7.10. The second-order valence-corrected chi connectivity index (χ2v) is 5.70. The van der Waals surface area contributed by atoms with Crippen molar-refractivity contribution in [3.63, 3.8) is 0 Å². The average molecular weight is 268 g/mol. The highest BCUT2D eigenvalue weighted by Crippen LogP contribution is 2.24. The van der Waals surface area contributed by atoms with Crippen LogP contribution < -0.4 is 11.1 Å². The van der Waals surface area contributed by atoms with Crippen LogP contribution in [0.25, 0.3) is 0 Å². The maximum atomic E-state index is 12.3. The molecule has 1 saturated heterocycles. The van der Waals surface area contributed by atoms with Gasteiger partial charge in [0.05, 0.1) is 11.6 Å². The van der Waals surface area contributed by atoms with Crippen LogP contribution in [0.4, 0.5) is 0 Å². The van der Waals surface area contributed by atoms with Gasteiger partial charge >= 0.3 is 0 Å². The van der Waals surface area contributed by atoms with Crippen LogP contribution >= 0.6 is 11.3 Å². The van der Waals surface area contributed by atoms with E-state index in [4.69, 9.17) is 10.5 Å². The number of ether oxygens (including phenoxy) is 1. The highest BCUT2D eigenvalue weighted by atomic mass is 32.1. The van der Waals surface area contributed by atoms with E-state index in [0.29, 0.717) is 26.1 Å². The van der Waals surface area contributed by atoms with Gasteiger partial charge in [-0.15, -0.1) is 11.3 Å². The van der Waals surface area contributed by atoms with Crippen LogP contribution in [-0.2, 0) is 9.53 Å². The summed E-state index contributed by atoms with van der Waals surface area (Å²) in [6.45, 7) is 3.21. The van der Waals surface area contributed by atoms with Crippen molar-refractivity contribution in [3.05, 3.63) is 22.4 Å². The lowest BCUT2D eigenvalue weighted by molar-refractivity contribution is -0.130. The van der Waals surface area contributed by atoms with Crippen LogP contribution in [0.3, 0.4) is 0 Å². The van der Waals surface area contributed by atoms with Gasteiger partial charge in [0.15, 0.2) is 0 Å². The van der Waals surface area contributed by atoms with Crippen molar-refractivity contribution in [1.29, 1.82) is 0 Å². The standard InChI is InChI=1S/C13H20N2O2S/c1-2-10(11-4-3-9-18-11)15-12(16)13(14)5-7-17-8-6-13/h3-4,9-10H,2,5-8,14H2,1H3,(H,15,16). The summed E-state index contributed by atoms with van der Waals surface area (Å²) in [4.78, 5) is 13.5. The molecule has 4 nitrogen and oxygen atoms in total. The fourth-order valence-electron chi connectivity index (χ4n) is 2.13. The third-order valence-electron chi connectivity index (χ3n) is 3.44. The van der Waals surface area contributed by atoms with E-state index in [1.165, 1.54) is 4.88 Å². The average Bonchev–Trinajstić information content (AvgIpc) is 2.90. The molecular weight excluding hydrogens is 248 g/mol. The fourth-order valence-corrected chi connectivity index (χ4v) is 2.99. The predicted octanol–water partition coefficient (Wildman–Crippen LogP) is 1.82. The van der Waals surface area contributed by atoms with Gasteiger partial charge in [-0.25, -0.2) is 0 Å². The summed E-state index contributed by atoms with van der Waals surface area (Å²) in [7, 11) is 0. The Balaban J connectivity index is 2.01. The molecule has 1 aromatic heterocycles. The lowest BCUT2D eigenvalue weighted by atomic mass is 9.90. The zero-order chi connectivity index (χ0) is 13.0. The summed E-state index contributed by atoms with van der Waals surface area (Å²) in [6, 6.07) is 4.12. The number of carbonyl (C=O) groups excluding carboxylic acids is 1. The van der Waals surface area contributed by atoms with Crippen molar-refractivity contribution in [2.24, 2.45) is 5.73 Å². The zero-order valence-electron chi connectivity index (χ0n) is 10.6. The Bertz CT molecular complexity index is 386. The number of hydrogen-bond acceptors (Lipinski definition) is 4. The molecule has 2 heterocycles. The maximum absolute atomic E-state index is 12.3. The summed E-state index contributed by atoms with van der Waals surface area (Å²) in [5, 5.41) is 5.09. The SMILES string of the molecule is CCC(NC(=O)C1(N)CCOCC1)c1cccs1.